The van der Waals surface area contributed by atoms with E-state index in [1.54, 1.807) is 18.7 Å². The summed E-state index contributed by atoms with van der Waals surface area (Å²) in [5, 5.41) is 3.40. The van der Waals surface area contributed by atoms with Crippen LogP contribution in [0.2, 0.25) is 0 Å². The summed E-state index contributed by atoms with van der Waals surface area (Å²) in [7, 11) is 0. The summed E-state index contributed by atoms with van der Waals surface area (Å²) in [5.74, 6) is 1.34. The standard InChI is InChI=1S/C24H24N6O2/c1-17(18-5-3-2-4-6-18)27-22-14-25-15-23(28-22)30-16-26-20-13-19(7-8-21(20)30)24(31)29-9-11-32-12-10-29/h2-8,13-17H,9-12H2,1H3,(H,27,28)/t17-/m0/s1. The van der Waals surface area contributed by atoms with Crippen molar-refractivity contribution in [1.82, 2.24) is 24.4 Å². The van der Waals surface area contributed by atoms with Gasteiger partial charge >= 0.3 is 0 Å². The molecule has 0 saturated carbocycles. The van der Waals surface area contributed by atoms with Gasteiger partial charge in [-0.15, -0.1) is 0 Å². The van der Waals surface area contributed by atoms with Crippen LogP contribution < -0.4 is 5.32 Å². The van der Waals surface area contributed by atoms with Gasteiger partial charge in [0, 0.05) is 24.7 Å². The van der Waals surface area contributed by atoms with Crippen molar-refractivity contribution < 1.29 is 9.53 Å². The van der Waals surface area contributed by atoms with Gasteiger partial charge in [0.15, 0.2) is 5.82 Å². The predicted molar refractivity (Wildman–Crippen MR) is 122 cm³/mol. The summed E-state index contributed by atoms with van der Waals surface area (Å²) in [4.78, 5) is 28.2. The first-order chi connectivity index (χ1) is 15.7. The van der Waals surface area contributed by atoms with Crippen LogP contribution >= 0.6 is 0 Å². The van der Waals surface area contributed by atoms with Gasteiger partial charge in [-0.3, -0.25) is 14.3 Å². The van der Waals surface area contributed by atoms with E-state index in [2.05, 4.69) is 34.3 Å². The summed E-state index contributed by atoms with van der Waals surface area (Å²) in [6.45, 7) is 4.47. The number of anilines is 1. The number of nitrogens with zero attached hydrogens (tertiary/aromatic N) is 5. The molecule has 1 aliphatic rings. The van der Waals surface area contributed by atoms with E-state index in [4.69, 9.17) is 9.72 Å². The van der Waals surface area contributed by atoms with E-state index in [0.29, 0.717) is 43.5 Å². The van der Waals surface area contributed by atoms with E-state index in [0.717, 1.165) is 11.0 Å². The average Bonchev–Trinajstić information content (AvgIpc) is 3.28. The molecular weight excluding hydrogens is 404 g/mol. The number of benzene rings is 2. The van der Waals surface area contributed by atoms with E-state index >= 15 is 0 Å². The van der Waals surface area contributed by atoms with Crippen molar-refractivity contribution >= 4 is 22.8 Å². The van der Waals surface area contributed by atoms with E-state index in [1.807, 2.05) is 45.9 Å². The van der Waals surface area contributed by atoms with Crippen molar-refractivity contribution in [2.24, 2.45) is 0 Å². The number of rotatable bonds is 5. The van der Waals surface area contributed by atoms with E-state index in [1.165, 1.54) is 5.56 Å². The van der Waals surface area contributed by atoms with Gasteiger partial charge in [-0.25, -0.2) is 9.97 Å². The first-order valence-corrected chi connectivity index (χ1v) is 10.7. The van der Waals surface area contributed by atoms with Crippen LogP contribution in [-0.2, 0) is 4.74 Å². The first kappa shape index (κ1) is 20.1. The number of carbonyl (C=O) groups is 1. The van der Waals surface area contributed by atoms with Gasteiger partial charge in [0.1, 0.15) is 12.1 Å². The maximum absolute atomic E-state index is 12.8. The minimum absolute atomic E-state index is 0.00522. The van der Waals surface area contributed by atoms with Gasteiger partial charge in [-0.1, -0.05) is 30.3 Å². The molecule has 2 aromatic carbocycles. The fourth-order valence-electron chi connectivity index (χ4n) is 3.87. The molecule has 1 saturated heterocycles. The van der Waals surface area contributed by atoms with Crippen molar-refractivity contribution in [3.05, 3.63) is 78.4 Å². The molecule has 0 radical (unpaired) electrons. The lowest BCUT2D eigenvalue weighted by Crippen LogP contribution is -2.40. The van der Waals surface area contributed by atoms with Crippen molar-refractivity contribution in [2.75, 3.05) is 31.6 Å². The Balaban J connectivity index is 1.39. The Morgan fingerprint density at radius 2 is 1.91 bits per heavy atom. The van der Waals surface area contributed by atoms with Gasteiger partial charge < -0.3 is 15.0 Å². The number of hydrogen-bond donors (Lipinski definition) is 1. The summed E-state index contributed by atoms with van der Waals surface area (Å²) < 4.78 is 7.22. The lowest BCUT2D eigenvalue weighted by molar-refractivity contribution is 0.0303. The highest BCUT2D eigenvalue weighted by Gasteiger charge is 2.19. The van der Waals surface area contributed by atoms with Gasteiger partial charge in [0.2, 0.25) is 0 Å². The number of imidazole rings is 1. The molecular formula is C24H24N6O2. The highest BCUT2D eigenvalue weighted by molar-refractivity contribution is 5.97. The minimum Gasteiger partial charge on any atom is -0.378 e. The molecule has 8 nitrogen and oxygen atoms in total. The maximum Gasteiger partial charge on any atom is 0.254 e. The highest BCUT2D eigenvalue weighted by atomic mass is 16.5. The topological polar surface area (TPSA) is 85.2 Å². The second kappa shape index (κ2) is 8.76. The third-order valence-electron chi connectivity index (χ3n) is 5.63. The molecule has 1 atom stereocenters. The maximum atomic E-state index is 12.8. The predicted octanol–water partition coefficient (Wildman–Crippen LogP) is 3.46. The van der Waals surface area contributed by atoms with Crippen LogP contribution in [0.1, 0.15) is 28.9 Å². The minimum atomic E-state index is 0.00522. The molecule has 1 fully saturated rings. The van der Waals surface area contributed by atoms with Gasteiger partial charge in [0.25, 0.3) is 5.91 Å². The van der Waals surface area contributed by atoms with Crippen molar-refractivity contribution in [1.29, 1.82) is 0 Å². The molecule has 0 bridgehead atoms. The molecule has 1 amide bonds. The molecule has 1 N–H and O–H groups in total. The molecule has 2 aromatic heterocycles. The molecule has 8 heteroatoms. The van der Waals surface area contributed by atoms with Crippen LogP contribution in [0, 0.1) is 0 Å². The molecule has 5 rings (SSSR count). The normalized spacial score (nSPS) is 15.0. The van der Waals surface area contributed by atoms with Crippen LogP contribution in [0.25, 0.3) is 16.9 Å². The molecule has 3 heterocycles. The Morgan fingerprint density at radius 3 is 2.72 bits per heavy atom. The van der Waals surface area contributed by atoms with Crippen LogP contribution in [-0.4, -0.2) is 56.6 Å². The summed E-state index contributed by atoms with van der Waals surface area (Å²) >= 11 is 0. The zero-order chi connectivity index (χ0) is 21.9. The van der Waals surface area contributed by atoms with Gasteiger partial charge in [-0.2, -0.15) is 0 Å². The fraction of sp³-hybridized carbons (Fsp3) is 0.250. The quantitative estimate of drug-likeness (QED) is 0.524. The van der Waals surface area contributed by atoms with Gasteiger partial charge in [0.05, 0.1) is 36.6 Å². The SMILES string of the molecule is C[C@H](Nc1cncc(-n2cnc3cc(C(=O)N4CCOCC4)ccc32)n1)c1ccccc1. The van der Waals surface area contributed by atoms with Crippen LogP contribution in [0.3, 0.4) is 0 Å². The molecule has 4 aromatic rings. The smallest absolute Gasteiger partial charge is 0.254 e. The van der Waals surface area contributed by atoms with Crippen LogP contribution in [0.5, 0.6) is 0 Å². The third-order valence-corrected chi connectivity index (χ3v) is 5.63. The van der Waals surface area contributed by atoms with Crippen molar-refractivity contribution in [2.45, 2.75) is 13.0 Å². The Bertz CT molecular complexity index is 1230. The third kappa shape index (κ3) is 4.04. The lowest BCUT2D eigenvalue weighted by atomic mass is 10.1. The molecule has 0 aliphatic carbocycles. The van der Waals surface area contributed by atoms with E-state index in [-0.39, 0.29) is 11.9 Å². The Labute approximate surface area is 185 Å². The Hall–Kier alpha value is -3.78. The molecule has 162 valence electrons. The van der Waals surface area contributed by atoms with Crippen molar-refractivity contribution in [3.8, 4) is 5.82 Å². The zero-order valence-electron chi connectivity index (χ0n) is 17.8. The van der Waals surface area contributed by atoms with Crippen LogP contribution in [0.4, 0.5) is 5.82 Å². The Morgan fingerprint density at radius 1 is 1.09 bits per heavy atom. The van der Waals surface area contributed by atoms with E-state index in [9.17, 15) is 4.79 Å². The number of fused-ring (bicyclic) bond motifs is 1. The number of aromatic nitrogens is 4. The van der Waals surface area contributed by atoms with Crippen LogP contribution in [0.15, 0.2) is 67.3 Å². The highest BCUT2D eigenvalue weighted by Crippen LogP contribution is 2.22. The summed E-state index contributed by atoms with van der Waals surface area (Å²) in [5.41, 5.74) is 3.40. The average molecular weight is 428 g/mol. The molecule has 0 spiro atoms. The Kier molecular flexibility index (Phi) is 5.51. The van der Waals surface area contributed by atoms with E-state index < -0.39 is 0 Å². The second-order valence-corrected chi connectivity index (χ2v) is 7.76. The number of amides is 1. The number of hydrogen-bond acceptors (Lipinski definition) is 6. The molecule has 1 aliphatic heterocycles. The zero-order valence-corrected chi connectivity index (χ0v) is 17.8. The largest absolute Gasteiger partial charge is 0.378 e. The number of morpholine rings is 1. The lowest BCUT2D eigenvalue weighted by Gasteiger charge is -2.26. The number of nitrogens with one attached hydrogen (secondary N) is 1. The summed E-state index contributed by atoms with van der Waals surface area (Å²) in [6, 6.07) is 15.9. The second-order valence-electron chi connectivity index (χ2n) is 7.76. The number of carbonyl (C=O) groups excluding carboxylic acids is 1. The van der Waals surface area contributed by atoms with Crippen molar-refractivity contribution in [3.63, 3.8) is 0 Å². The fourth-order valence-corrected chi connectivity index (χ4v) is 3.87. The molecule has 0 unspecified atom stereocenters. The molecule has 32 heavy (non-hydrogen) atoms. The number of ether oxygens (including phenoxy) is 1. The monoisotopic (exact) mass is 428 g/mol. The first-order valence-electron chi connectivity index (χ1n) is 10.7. The van der Waals surface area contributed by atoms with Gasteiger partial charge in [-0.05, 0) is 30.7 Å². The summed E-state index contributed by atoms with van der Waals surface area (Å²) in [6.07, 6.45) is 5.12.